The van der Waals surface area contributed by atoms with Crippen LogP contribution < -0.4 is 10.6 Å². The number of carbonyl (C=O) groups excluding carboxylic acids is 2. The van der Waals surface area contributed by atoms with Crippen molar-refractivity contribution in [3.63, 3.8) is 0 Å². The van der Waals surface area contributed by atoms with Crippen molar-refractivity contribution in [2.45, 2.75) is 13.0 Å². The number of allylic oxidation sites excluding steroid dienone is 1. The van der Waals surface area contributed by atoms with Crippen molar-refractivity contribution in [3.05, 3.63) is 12.2 Å². The van der Waals surface area contributed by atoms with Gasteiger partial charge in [0, 0.05) is 26.7 Å². The normalized spacial score (nSPS) is 21.7. The number of hydrogen-bond acceptors (Lipinski definition) is 3. The summed E-state index contributed by atoms with van der Waals surface area (Å²) >= 11 is 0. The molecule has 0 aromatic rings. The highest BCUT2D eigenvalue weighted by Gasteiger charge is 2.29. The van der Waals surface area contributed by atoms with Gasteiger partial charge in [0.2, 0.25) is 11.8 Å². The van der Waals surface area contributed by atoms with E-state index in [1.807, 2.05) is 0 Å². The Labute approximate surface area is 89.5 Å². The molecule has 2 amide bonds. The molecule has 0 spiro atoms. The predicted octanol–water partition coefficient (Wildman–Crippen LogP) is -0.891. The number of rotatable bonds is 2. The molecule has 0 aliphatic carbocycles. The first-order chi connectivity index (χ1) is 7.20. The Bertz CT molecular complexity index is 276. The Morgan fingerprint density at radius 1 is 1.53 bits per heavy atom. The predicted molar refractivity (Wildman–Crippen MR) is 57.3 cm³/mol. The van der Waals surface area contributed by atoms with E-state index in [1.165, 1.54) is 6.08 Å². The minimum Gasteiger partial charge on any atom is -0.357 e. The number of amides is 2. The summed E-state index contributed by atoms with van der Waals surface area (Å²) in [7, 11) is 1.58. The van der Waals surface area contributed by atoms with Gasteiger partial charge in [-0.1, -0.05) is 6.08 Å². The highest BCUT2D eigenvalue weighted by molar-refractivity contribution is 5.93. The van der Waals surface area contributed by atoms with E-state index in [9.17, 15) is 9.59 Å². The quantitative estimate of drug-likeness (QED) is 0.582. The fraction of sp³-hybridized carbons (Fsp3) is 0.600. The Hall–Kier alpha value is -1.36. The van der Waals surface area contributed by atoms with E-state index >= 15 is 0 Å². The second kappa shape index (κ2) is 5.50. The molecule has 5 nitrogen and oxygen atoms in total. The molecule has 1 unspecified atom stereocenters. The average molecular weight is 211 g/mol. The molecule has 1 heterocycles. The van der Waals surface area contributed by atoms with Crippen molar-refractivity contribution in [2.24, 2.45) is 0 Å². The minimum atomic E-state index is -0.396. The van der Waals surface area contributed by atoms with E-state index in [-0.39, 0.29) is 11.8 Å². The highest BCUT2D eigenvalue weighted by Crippen LogP contribution is 2.04. The van der Waals surface area contributed by atoms with Crippen LogP contribution in [0.2, 0.25) is 0 Å². The molecule has 1 fully saturated rings. The molecule has 1 atom stereocenters. The van der Waals surface area contributed by atoms with Crippen LogP contribution in [0.4, 0.5) is 0 Å². The van der Waals surface area contributed by atoms with E-state index in [0.29, 0.717) is 13.1 Å². The monoisotopic (exact) mass is 211 g/mol. The highest BCUT2D eigenvalue weighted by atomic mass is 16.2. The van der Waals surface area contributed by atoms with Crippen LogP contribution in [0.15, 0.2) is 12.2 Å². The summed E-state index contributed by atoms with van der Waals surface area (Å²) in [5, 5.41) is 5.66. The molecule has 0 radical (unpaired) electrons. The average Bonchev–Trinajstić information content (AvgIpc) is 2.28. The van der Waals surface area contributed by atoms with E-state index < -0.39 is 6.04 Å². The third kappa shape index (κ3) is 2.79. The van der Waals surface area contributed by atoms with Crippen molar-refractivity contribution in [1.82, 2.24) is 15.5 Å². The maximum Gasteiger partial charge on any atom is 0.246 e. The molecule has 84 valence electrons. The van der Waals surface area contributed by atoms with Gasteiger partial charge in [0.05, 0.1) is 0 Å². The number of nitrogens with one attached hydrogen (secondary N) is 2. The summed E-state index contributed by atoms with van der Waals surface area (Å²) in [4.78, 5) is 24.8. The Morgan fingerprint density at radius 3 is 2.87 bits per heavy atom. The first-order valence-electron chi connectivity index (χ1n) is 5.06. The van der Waals surface area contributed by atoms with Crippen molar-refractivity contribution >= 4 is 11.8 Å². The number of piperazine rings is 1. The largest absolute Gasteiger partial charge is 0.357 e. The minimum absolute atomic E-state index is 0.104. The summed E-state index contributed by atoms with van der Waals surface area (Å²) < 4.78 is 0. The molecule has 0 bridgehead atoms. The standard InChI is InChI=1S/C10H17N3O2/c1-3-4-9(14)13-6-5-12-7-8(13)10(15)11-2/h3-4,8,12H,5-7H2,1-2H3,(H,11,15). The molecule has 1 aliphatic heterocycles. The van der Waals surface area contributed by atoms with Crippen molar-refractivity contribution in [3.8, 4) is 0 Å². The molecule has 1 aliphatic rings. The molecule has 5 heteroatoms. The second-order valence-electron chi connectivity index (χ2n) is 3.37. The molecule has 0 saturated carbocycles. The third-order valence-corrected chi connectivity index (χ3v) is 2.38. The molecule has 1 saturated heterocycles. The van der Waals surface area contributed by atoms with Gasteiger partial charge in [0.25, 0.3) is 0 Å². The van der Waals surface area contributed by atoms with E-state index in [4.69, 9.17) is 0 Å². The molecule has 15 heavy (non-hydrogen) atoms. The van der Waals surface area contributed by atoms with E-state index in [2.05, 4.69) is 10.6 Å². The lowest BCUT2D eigenvalue weighted by Gasteiger charge is -2.34. The van der Waals surface area contributed by atoms with Gasteiger partial charge in [-0.15, -0.1) is 0 Å². The topological polar surface area (TPSA) is 61.4 Å². The number of carbonyl (C=O) groups is 2. The lowest BCUT2D eigenvalue weighted by molar-refractivity contribution is -0.137. The second-order valence-corrected chi connectivity index (χ2v) is 3.37. The Balaban J connectivity index is 2.73. The van der Waals surface area contributed by atoms with Crippen LogP contribution in [0.25, 0.3) is 0 Å². The first kappa shape index (κ1) is 11.7. The smallest absolute Gasteiger partial charge is 0.246 e. The first-order valence-corrected chi connectivity index (χ1v) is 5.06. The van der Waals surface area contributed by atoms with Gasteiger partial charge in [-0.2, -0.15) is 0 Å². The fourth-order valence-corrected chi connectivity index (χ4v) is 1.61. The molecular formula is C10H17N3O2. The van der Waals surface area contributed by atoms with Gasteiger partial charge in [-0.05, 0) is 13.0 Å². The van der Waals surface area contributed by atoms with Crippen molar-refractivity contribution in [1.29, 1.82) is 0 Å². The molecular weight excluding hydrogens is 194 g/mol. The lowest BCUT2D eigenvalue weighted by Crippen LogP contribution is -2.58. The van der Waals surface area contributed by atoms with Gasteiger partial charge in [-0.25, -0.2) is 0 Å². The SMILES string of the molecule is CC=CC(=O)N1CCNCC1C(=O)NC. The van der Waals surface area contributed by atoms with Crippen LogP contribution in [0, 0.1) is 0 Å². The number of likely N-dealkylation sites (N-methyl/N-ethyl adjacent to an activating group) is 1. The van der Waals surface area contributed by atoms with E-state index in [1.54, 1.807) is 24.9 Å². The van der Waals surface area contributed by atoms with E-state index in [0.717, 1.165) is 6.54 Å². The maximum absolute atomic E-state index is 11.7. The van der Waals surface area contributed by atoms with Crippen molar-refractivity contribution in [2.75, 3.05) is 26.7 Å². The van der Waals surface area contributed by atoms with Crippen LogP contribution >= 0.6 is 0 Å². The molecule has 1 rings (SSSR count). The number of nitrogens with zero attached hydrogens (tertiary/aromatic N) is 1. The van der Waals surface area contributed by atoms with Gasteiger partial charge in [-0.3, -0.25) is 9.59 Å². The Kier molecular flexibility index (Phi) is 4.30. The van der Waals surface area contributed by atoms with Crippen LogP contribution in [0.5, 0.6) is 0 Å². The third-order valence-electron chi connectivity index (χ3n) is 2.38. The molecule has 0 aromatic heterocycles. The van der Waals surface area contributed by atoms with Gasteiger partial charge in [0.1, 0.15) is 6.04 Å². The summed E-state index contributed by atoms with van der Waals surface area (Å²) in [6.45, 7) is 3.61. The maximum atomic E-state index is 11.7. The summed E-state index contributed by atoms with van der Waals surface area (Å²) in [5.74, 6) is -0.229. The van der Waals surface area contributed by atoms with Crippen molar-refractivity contribution < 1.29 is 9.59 Å². The molecule has 0 aromatic carbocycles. The zero-order valence-corrected chi connectivity index (χ0v) is 9.12. The zero-order chi connectivity index (χ0) is 11.3. The van der Waals surface area contributed by atoms with Gasteiger partial charge in [0.15, 0.2) is 0 Å². The summed E-state index contributed by atoms with van der Waals surface area (Å²) in [6, 6.07) is -0.396. The Morgan fingerprint density at radius 2 is 2.27 bits per heavy atom. The zero-order valence-electron chi connectivity index (χ0n) is 9.12. The van der Waals surface area contributed by atoms with Gasteiger partial charge >= 0.3 is 0 Å². The fourth-order valence-electron chi connectivity index (χ4n) is 1.61. The lowest BCUT2D eigenvalue weighted by atomic mass is 10.1. The number of hydrogen-bond donors (Lipinski definition) is 2. The van der Waals surface area contributed by atoms with Crippen LogP contribution in [0.3, 0.4) is 0 Å². The van der Waals surface area contributed by atoms with Gasteiger partial charge < -0.3 is 15.5 Å². The van der Waals surface area contributed by atoms with Crippen LogP contribution in [0.1, 0.15) is 6.92 Å². The summed E-state index contributed by atoms with van der Waals surface area (Å²) in [5.41, 5.74) is 0. The van der Waals surface area contributed by atoms with Crippen LogP contribution in [-0.2, 0) is 9.59 Å². The molecule has 2 N–H and O–H groups in total. The summed E-state index contributed by atoms with van der Waals surface area (Å²) in [6.07, 6.45) is 3.17. The van der Waals surface area contributed by atoms with Crippen LogP contribution in [-0.4, -0.2) is 49.4 Å².